The monoisotopic (exact) mass is 240 g/mol. The predicted molar refractivity (Wildman–Crippen MR) is 64.7 cm³/mol. The fourth-order valence-corrected chi connectivity index (χ4v) is 2.50. The van der Waals surface area contributed by atoms with Crippen LogP contribution in [0.15, 0.2) is 18.5 Å². The molecule has 1 saturated heterocycles. The third kappa shape index (κ3) is 2.54. The van der Waals surface area contributed by atoms with Crippen molar-refractivity contribution in [1.82, 2.24) is 10.3 Å². The van der Waals surface area contributed by atoms with Crippen molar-refractivity contribution < 1.29 is 4.74 Å². The molecule has 1 aromatic rings. The number of halogens is 1. The van der Waals surface area contributed by atoms with E-state index in [1.165, 1.54) is 0 Å². The van der Waals surface area contributed by atoms with Crippen molar-refractivity contribution in [2.75, 3.05) is 26.8 Å². The number of ether oxygens (including phenoxy) is 1. The van der Waals surface area contributed by atoms with E-state index in [-0.39, 0.29) is 5.41 Å². The molecule has 1 aromatic heterocycles. The molecule has 1 aliphatic heterocycles. The average Bonchev–Trinajstić information content (AvgIpc) is 2.71. The zero-order valence-corrected chi connectivity index (χ0v) is 10.3. The van der Waals surface area contributed by atoms with Crippen LogP contribution in [0.3, 0.4) is 0 Å². The Kier molecular flexibility index (Phi) is 3.79. The topological polar surface area (TPSA) is 34.2 Å². The number of pyridine rings is 1. The van der Waals surface area contributed by atoms with Crippen LogP contribution in [-0.2, 0) is 11.2 Å². The smallest absolute Gasteiger partial charge is 0.0621 e. The molecule has 0 bridgehead atoms. The van der Waals surface area contributed by atoms with Crippen LogP contribution in [0.25, 0.3) is 0 Å². The minimum absolute atomic E-state index is 0.194. The molecule has 3 nitrogen and oxygen atoms in total. The SMILES string of the molecule is CNCC1(Cc2ccncc2Cl)CCOC1. The first-order valence-electron chi connectivity index (χ1n) is 5.56. The van der Waals surface area contributed by atoms with Crippen LogP contribution >= 0.6 is 11.6 Å². The van der Waals surface area contributed by atoms with Crippen LogP contribution in [0.2, 0.25) is 5.02 Å². The Morgan fingerprint density at radius 3 is 3.12 bits per heavy atom. The molecule has 2 rings (SSSR count). The zero-order chi connectivity index (χ0) is 11.4. The van der Waals surface area contributed by atoms with Gasteiger partial charge in [-0.25, -0.2) is 0 Å². The molecule has 4 heteroatoms. The lowest BCUT2D eigenvalue weighted by Crippen LogP contribution is -2.35. The van der Waals surface area contributed by atoms with Crippen molar-refractivity contribution in [3.05, 3.63) is 29.0 Å². The van der Waals surface area contributed by atoms with Gasteiger partial charge in [0.05, 0.1) is 11.6 Å². The van der Waals surface area contributed by atoms with Gasteiger partial charge in [0.15, 0.2) is 0 Å². The van der Waals surface area contributed by atoms with E-state index in [9.17, 15) is 0 Å². The molecule has 1 fully saturated rings. The van der Waals surface area contributed by atoms with Crippen molar-refractivity contribution in [1.29, 1.82) is 0 Å². The van der Waals surface area contributed by atoms with E-state index in [0.29, 0.717) is 0 Å². The Balaban J connectivity index is 2.14. The third-order valence-corrected chi connectivity index (χ3v) is 3.50. The number of nitrogens with one attached hydrogen (secondary N) is 1. The maximum Gasteiger partial charge on any atom is 0.0621 e. The van der Waals surface area contributed by atoms with Gasteiger partial charge >= 0.3 is 0 Å². The molecule has 1 atom stereocenters. The molecular weight excluding hydrogens is 224 g/mol. The first kappa shape index (κ1) is 11.8. The largest absolute Gasteiger partial charge is 0.381 e. The Morgan fingerprint density at radius 1 is 1.62 bits per heavy atom. The maximum atomic E-state index is 6.14. The lowest BCUT2D eigenvalue weighted by molar-refractivity contribution is 0.150. The second kappa shape index (κ2) is 5.13. The van der Waals surface area contributed by atoms with E-state index in [1.807, 2.05) is 13.1 Å². The summed E-state index contributed by atoms with van der Waals surface area (Å²) in [7, 11) is 1.98. The molecule has 1 N–H and O–H groups in total. The summed E-state index contributed by atoms with van der Waals surface area (Å²) < 4.78 is 5.53. The highest BCUT2D eigenvalue weighted by molar-refractivity contribution is 6.31. The summed E-state index contributed by atoms with van der Waals surface area (Å²) in [6.07, 6.45) is 5.55. The summed E-state index contributed by atoms with van der Waals surface area (Å²) in [5, 5.41) is 4.01. The molecule has 1 aliphatic rings. The van der Waals surface area contributed by atoms with Crippen molar-refractivity contribution in [3.63, 3.8) is 0 Å². The fourth-order valence-electron chi connectivity index (χ4n) is 2.32. The summed E-state index contributed by atoms with van der Waals surface area (Å²) in [5.41, 5.74) is 1.36. The standard InChI is InChI=1S/C12H17ClN2O/c1-14-8-12(3-5-16-9-12)6-10-2-4-15-7-11(10)13/h2,4,7,14H,3,5-6,8-9H2,1H3. The molecule has 2 heterocycles. The van der Waals surface area contributed by atoms with E-state index in [0.717, 1.165) is 43.2 Å². The van der Waals surface area contributed by atoms with Crippen LogP contribution < -0.4 is 5.32 Å². The Morgan fingerprint density at radius 2 is 2.50 bits per heavy atom. The molecule has 0 aliphatic carbocycles. The van der Waals surface area contributed by atoms with Crippen molar-refractivity contribution in [2.24, 2.45) is 5.41 Å². The fraction of sp³-hybridized carbons (Fsp3) is 0.583. The molecule has 0 saturated carbocycles. The molecule has 1 unspecified atom stereocenters. The van der Waals surface area contributed by atoms with E-state index in [4.69, 9.17) is 16.3 Å². The number of rotatable bonds is 4. The summed E-state index contributed by atoms with van der Waals surface area (Å²) in [6.45, 7) is 2.63. The predicted octanol–water partition coefficient (Wildman–Crippen LogP) is 1.90. The quantitative estimate of drug-likeness (QED) is 0.873. The highest BCUT2D eigenvalue weighted by Gasteiger charge is 2.34. The first-order chi connectivity index (χ1) is 7.76. The molecule has 0 radical (unpaired) electrons. The van der Waals surface area contributed by atoms with Gasteiger partial charge in [-0.1, -0.05) is 11.6 Å². The Bertz CT molecular complexity index is 351. The van der Waals surface area contributed by atoms with E-state index < -0.39 is 0 Å². The summed E-state index contributed by atoms with van der Waals surface area (Å²) in [4.78, 5) is 4.01. The Labute approximate surface area is 101 Å². The van der Waals surface area contributed by atoms with Crippen LogP contribution in [0.1, 0.15) is 12.0 Å². The lowest BCUT2D eigenvalue weighted by Gasteiger charge is -2.27. The van der Waals surface area contributed by atoms with Gasteiger partial charge in [-0.2, -0.15) is 0 Å². The van der Waals surface area contributed by atoms with Crippen molar-refractivity contribution in [3.8, 4) is 0 Å². The molecule has 0 aromatic carbocycles. The molecular formula is C12H17ClN2O. The van der Waals surface area contributed by atoms with Crippen molar-refractivity contribution >= 4 is 11.6 Å². The van der Waals surface area contributed by atoms with Gasteiger partial charge in [0.2, 0.25) is 0 Å². The first-order valence-corrected chi connectivity index (χ1v) is 5.94. The normalized spacial score (nSPS) is 24.9. The minimum Gasteiger partial charge on any atom is -0.381 e. The average molecular weight is 241 g/mol. The number of hydrogen-bond donors (Lipinski definition) is 1. The molecule has 0 spiro atoms. The highest BCUT2D eigenvalue weighted by atomic mass is 35.5. The van der Waals surface area contributed by atoms with Gasteiger partial charge in [0, 0.05) is 31.0 Å². The van der Waals surface area contributed by atoms with E-state index in [2.05, 4.69) is 10.3 Å². The summed E-state index contributed by atoms with van der Waals surface area (Å²) >= 11 is 6.14. The number of nitrogens with zero attached hydrogens (tertiary/aromatic N) is 1. The minimum atomic E-state index is 0.194. The lowest BCUT2D eigenvalue weighted by atomic mass is 9.81. The summed E-state index contributed by atoms with van der Waals surface area (Å²) in [6, 6.07) is 2.00. The second-order valence-electron chi connectivity index (χ2n) is 4.48. The van der Waals surface area contributed by atoms with Crippen LogP contribution in [-0.4, -0.2) is 31.8 Å². The number of hydrogen-bond acceptors (Lipinski definition) is 3. The Hall–Kier alpha value is -0.640. The van der Waals surface area contributed by atoms with Gasteiger partial charge in [0.25, 0.3) is 0 Å². The molecule has 0 amide bonds. The highest BCUT2D eigenvalue weighted by Crippen LogP contribution is 2.33. The third-order valence-electron chi connectivity index (χ3n) is 3.16. The van der Waals surface area contributed by atoms with Crippen LogP contribution in [0.5, 0.6) is 0 Å². The van der Waals surface area contributed by atoms with Gasteiger partial charge in [-0.15, -0.1) is 0 Å². The van der Waals surface area contributed by atoms with Crippen molar-refractivity contribution in [2.45, 2.75) is 12.8 Å². The van der Waals surface area contributed by atoms with Gasteiger partial charge in [0.1, 0.15) is 0 Å². The van der Waals surface area contributed by atoms with Gasteiger partial charge in [-0.3, -0.25) is 4.98 Å². The second-order valence-corrected chi connectivity index (χ2v) is 4.88. The van der Waals surface area contributed by atoms with Crippen LogP contribution in [0.4, 0.5) is 0 Å². The van der Waals surface area contributed by atoms with E-state index >= 15 is 0 Å². The van der Waals surface area contributed by atoms with Crippen LogP contribution in [0, 0.1) is 5.41 Å². The van der Waals surface area contributed by atoms with Gasteiger partial charge in [-0.05, 0) is 31.5 Å². The van der Waals surface area contributed by atoms with E-state index in [1.54, 1.807) is 12.4 Å². The molecule has 88 valence electrons. The maximum absolute atomic E-state index is 6.14. The summed E-state index contributed by atoms with van der Waals surface area (Å²) in [5.74, 6) is 0. The zero-order valence-electron chi connectivity index (χ0n) is 9.50. The molecule has 16 heavy (non-hydrogen) atoms. The van der Waals surface area contributed by atoms with Gasteiger partial charge < -0.3 is 10.1 Å². The number of aromatic nitrogens is 1.